The van der Waals surface area contributed by atoms with Crippen LogP contribution in [0.15, 0.2) is 0 Å². The first kappa shape index (κ1) is 8.43. The first-order valence-corrected chi connectivity index (χ1v) is 2.86. The number of aliphatic hydroxyl groups is 1. The second-order valence-corrected chi connectivity index (χ2v) is 1.68. The van der Waals surface area contributed by atoms with Crippen LogP contribution < -0.4 is 0 Å². The van der Waals surface area contributed by atoms with Gasteiger partial charge in [-0.2, -0.15) is 0 Å². The monoisotopic (exact) mass is 131 g/mol. The van der Waals surface area contributed by atoms with E-state index < -0.39 is 12.1 Å². The van der Waals surface area contributed by atoms with Gasteiger partial charge in [0, 0.05) is 0 Å². The Morgan fingerprint density at radius 2 is 2.44 bits per heavy atom. The lowest BCUT2D eigenvalue weighted by molar-refractivity contribution is -0.151. The van der Waals surface area contributed by atoms with E-state index in [1.165, 1.54) is 0 Å². The molecule has 1 radical (unpaired) electrons. The molecule has 0 heterocycles. The second-order valence-electron chi connectivity index (χ2n) is 1.68. The van der Waals surface area contributed by atoms with Crippen LogP contribution in [0, 0.1) is 6.92 Å². The molecule has 0 bridgehead atoms. The quantitative estimate of drug-likeness (QED) is 0.554. The zero-order valence-electron chi connectivity index (χ0n) is 5.46. The van der Waals surface area contributed by atoms with Crippen molar-refractivity contribution in [2.45, 2.75) is 19.4 Å². The number of ether oxygens (including phenoxy) is 1. The summed E-state index contributed by atoms with van der Waals surface area (Å²) in [7, 11) is 0. The first-order chi connectivity index (χ1) is 4.18. The Morgan fingerprint density at radius 1 is 1.89 bits per heavy atom. The number of hydrogen-bond donors (Lipinski definition) is 1. The Labute approximate surface area is 54.6 Å². The molecule has 3 nitrogen and oxygen atoms in total. The number of rotatable bonds is 3. The van der Waals surface area contributed by atoms with Crippen molar-refractivity contribution in [3.8, 4) is 0 Å². The van der Waals surface area contributed by atoms with Crippen LogP contribution in [0.4, 0.5) is 0 Å². The molecular formula is C6H11O3. The molecule has 0 saturated heterocycles. The fraction of sp³-hybridized carbons (Fsp3) is 0.667. The third kappa shape index (κ3) is 3.97. The van der Waals surface area contributed by atoms with Gasteiger partial charge in [-0.15, -0.1) is 0 Å². The standard InChI is InChI=1S/C6H11O3/c1-3-4-9-6(8)5(2)7/h5,7H,2-4H2,1H3. The summed E-state index contributed by atoms with van der Waals surface area (Å²) in [5.41, 5.74) is 0. The molecular weight excluding hydrogens is 120 g/mol. The Kier molecular flexibility index (Phi) is 4.05. The molecule has 0 rings (SSSR count). The molecule has 0 aromatic heterocycles. The summed E-state index contributed by atoms with van der Waals surface area (Å²) in [6.07, 6.45) is -0.477. The van der Waals surface area contributed by atoms with Gasteiger partial charge in [0.05, 0.1) is 6.61 Å². The first-order valence-electron chi connectivity index (χ1n) is 2.86. The molecule has 0 fully saturated rings. The van der Waals surface area contributed by atoms with E-state index in [4.69, 9.17) is 5.11 Å². The maximum atomic E-state index is 10.4. The van der Waals surface area contributed by atoms with Gasteiger partial charge in [0.25, 0.3) is 0 Å². The van der Waals surface area contributed by atoms with Gasteiger partial charge < -0.3 is 9.84 Å². The maximum Gasteiger partial charge on any atom is 0.334 e. The normalized spacial score (nSPS) is 12.8. The summed E-state index contributed by atoms with van der Waals surface area (Å²) in [6.45, 7) is 5.30. The Bertz CT molecular complexity index is 88.3. The largest absolute Gasteiger partial charge is 0.464 e. The van der Waals surface area contributed by atoms with Crippen molar-refractivity contribution in [2.75, 3.05) is 6.61 Å². The van der Waals surface area contributed by atoms with E-state index in [2.05, 4.69) is 11.7 Å². The molecule has 0 amide bonds. The summed E-state index contributed by atoms with van der Waals surface area (Å²) in [5.74, 6) is -0.656. The van der Waals surface area contributed by atoms with Crippen LogP contribution >= 0.6 is 0 Å². The number of aliphatic hydroxyl groups excluding tert-OH is 1. The second kappa shape index (κ2) is 4.32. The van der Waals surface area contributed by atoms with E-state index in [9.17, 15) is 4.79 Å². The van der Waals surface area contributed by atoms with Gasteiger partial charge in [-0.05, 0) is 13.3 Å². The highest BCUT2D eigenvalue weighted by atomic mass is 16.5. The highest BCUT2D eigenvalue weighted by Crippen LogP contribution is 1.86. The lowest BCUT2D eigenvalue weighted by Crippen LogP contribution is -2.19. The zero-order valence-corrected chi connectivity index (χ0v) is 5.46. The summed E-state index contributed by atoms with van der Waals surface area (Å²) < 4.78 is 4.50. The van der Waals surface area contributed by atoms with Crippen molar-refractivity contribution in [2.24, 2.45) is 0 Å². The molecule has 1 N–H and O–H groups in total. The van der Waals surface area contributed by atoms with Crippen LogP contribution in [-0.4, -0.2) is 23.8 Å². The van der Waals surface area contributed by atoms with E-state index >= 15 is 0 Å². The number of hydrogen-bond acceptors (Lipinski definition) is 3. The molecule has 53 valence electrons. The Hall–Kier alpha value is -0.570. The minimum Gasteiger partial charge on any atom is -0.464 e. The van der Waals surface area contributed by atoms with E-state index in [-0.39, 0.29) is 0 Å². The summed E-state index contributed by atoms with van der Waals surface area (Å²) in [6, 6.07) is 0. The van der Waals surface area contributed by atoms with E-state index in [0.29, 0.717) is 6.61 Å². The summed E-state index contributed by atoms with van der Waals surface area (Å²) in [5, 5.41) is 8.46. The molecule has 0 aliphatic carbocycles. The van der Waals surface area contributed by atoms with Gasteiger partial charge in [-0.3, -0.25) is 0 Å². The average molecular weight is 131 g/mol. The molecule has 0 saturated carbocycles. The van der Waals surface area contributed by atoms with Crippen molar-refractivity contribution < 1.29 is 14.6 Å². The van der Waals surface area contributed by atoms with Crippen molar-refractivity contribution in [3.05, 3.63) is 6.92 Å². The molecule has 0 aromatic rings. The number of carbonyl (C=O) groups is 1. The molecule has 3 heteroatoms. The van der Waals surface area contributed by atoms with Crippen LogP contribution in [0.2, 0.25) is 0 Å². The van der Waals surface area contributed by atoms with Gasteiger partial charge in [-0.1, -0.05) is 6.92 Å². The van der Waals surface area contributed by atoms with Gasteiger partial charge in [0.15, 0.2) is 6.10 Å². The summed E-state index contributed by atoms with van der Waals surface area (Å²) in [4.78, 5) is 10.4. The van der Waals surface area contributed by atoms with Crippen molar-refractivity contribution >= 4 is 5.97 Å². The number of esters is 1. The molecule has 1 atom stereocenters. The van der Waals surface area contributed by atoms with E-state index in [1.54, 1.807) is 0 Å². The average Bonchev–Trinajstić information content (AvgIpc) is 1.82. The minimum atomic E-state index is -1.24. The van der Waals surface area contributed by atoms with Crippen LogP contribution in [-0.2, 0) is 9.53 Å². The maximum absolute atomic E-state index is 10.4. The smallest absolute Gasteiger partial charge is 0.334 e. The highest BCUT2D eigenvalue weighted by molar-refractivity contribution is 5.74. The minimum absolute atomic E-state index is 0.353. The van der Waals surface area contributed by atoms with Crippen LogP contribution in [0.3, 0.4) is 0 Å². The molecule has 0 aliphatic heterocycles. The Morgan fingerprint density at radius 3 is 2.78 bits per heavy atom. The fourth-order valence-corrected chi connectivity index (χ4v) is 0.299. The van der Waals surface area contributed by atoms with Crippen LogP contribution in [0.5, 0.6) is 0 Å². The summed E-state index contributed by atoms with van der Waals surface area (Å²) >= 11 is 0. The highest BCUT2D eigenvalue weighted by Gasteiger charge is 2.08. The number of carbonyl (C=O) groups excluding carboxylic acids is 1. The lowest BCUT2D eigenvalue weighted by atomic mass is 10.4. The lowest BCUT2D eigenvalue weighted by Gasteiger charge is -2.03. The zero-order chi connectivity index (χ0) is 7.28. The Balaban J connectivity index is 3.28. The third-order valence-corrected chi connectivity index (χ3v) is 0.721. The fourth-order valence-electron chi connectivity index (χ4n) is 0.299. The molecule has 0 aromatic carbocycles. The van der Waals surface area contributed by atoms with Gasteiger partial charge in [0.1, 0.15) is 0 Å². The van der Waals surface area contributed by atoms with Crippen molar-refractivity contribution in [1.82, 2.24) is 0 Å². The predicted molar refractivity (Wildman–Crippen MR) is 32.6 cm³/mol. The third-order valence-electron chi connectivity index (χ3n) is 0.721. The van der Waals surface area contributed by atoms with Crippen LogP contribution in [0.25, 0.3) is 0 Å². The predicted octanol–water partition coefficient (Wildman–Crippen LogP) is 0.135. The van der Waals surface area contributed by atoms with Gasteiger partial charge in [-0.25, -0.2) is 4.79 Å². The van der Waals surface area contributed by atoms with E-state index in [1.807, 2.05) is 6.92 Å². The molecule has 1 unspecified atom stereocenters. The van der Waals surface area contributed by atoms with Crippen LogP contribution in [0.1, 0.15) is 13.3 Å². The molecule has 9 heavy (non-hydrogen) atoms. The van der Waals surface area contributed by atoms with Gasteiger partial charge >= 0.3 is 5.97 Å². The topological polar surface area (TPSA) is 46.5 Å². The van der Waals surface area contributed by atoms with Gasteiger partial charge in [0.2, 0.25) is 0 Å². The molecule has 0 spiro atoms. The van der Waals surface area contributed by atoms with Crippen molar-refractivity contribution in [3.63, 3.8) is 0 Å². The SMILES string of the molecule is [CH2]C(O)C(=O)OCCC. The van der Waals surface area contributed by atoms with E-state index in [0.717, 1.165) is 6.42 Å². The molecule has 0 aliphatic rings. The van der Waals surface area contributed by atoms with Crippen molar-refractivity contribution in [1.29, 1.82) is 0 Å².